The molecule has 0 radical (unpaired) electrons. The van der Waals surface area contributed by atoms with Crippen molar-refractivity contribution in [1.82, 2.24) is 0 Å². The van der Waals surface area contributed by atoms with Crippen molar-refractivity contribution < 1.29 is 14.6 Å². The van der Waals surface area contributed by atoms with E-state index in [-0.39, 0.29) is 12.2 Å². The smallest absolute Gasteiger partial charge is 0.0805 e. The number of hydrogen-bond acceptors (Lipinski definition) is 4. The molecule has 14 heavy (non-hydrogen) atoms. The molecule has 0 aromatic rings. The average molecular weight is 203 g/mol. The minimum Gasteiger partial charge on any atom is -0.394 e. The van der Waals surface area contributed by atoms with E-state index in [2.05, 4.69) is 0 Å². The first kappa shape index (κ1) is 11.9. The van der Waals surface area contributed by atoms with Crippen LogP contribution in [0.4, 0.5) is 0 Å². The molecular formula is C10H21NO3. The van der Waals surface area contributed by atoms with Crippen LogP contribution in [0.2, 0.25) is 0 Å². The van der Waals surface area contributed by atoms with Crippen LogP contribution in [-0.4, -0.2) is 43.7 Å². The van der Waals surface area contributed by atoms with Crippen LogP contribution in [0.1, 0.15) is 25.7 Å². The Bertz CT molecular complexity index is 146. The maximum absolute atomic E-state index is 8.49. The number of aliphatic hydroxyl groups excluding tert-OH is 1. The summed E-state index contributed by atoms with van der Waals surface area (Å²) in [5.41, 5.74) is 5.62. The molecule has 0 aromatic heterocycles. The van der Waals surface area contributed by atoms with Gasteiger partial charge in [0.1, 0.15) is 0 Å². The number of hydrogen-bond donors (Lipinski definition) is 2. The minimum atomic E-state index is -0.0808. The Hall–Kier alpha value is -0.160. The van der Waals surface area contributed by atoms with E-state index >= 15 is 0 Å². The largest absolute Gasteiger partial charge is 0.394 e. The summed E-state index contributed by atoms with van der Waals surface area (Å²) >= 11 is 0. The molecule has 1 saturated carbocycles. The number of ether oxygens (including phenoxy) is 2. The van der Waals surface area contributed by atoms with Crippen LogP contribution in [-0.2, 0) is 9.47 Å². The van der Waals surface area contributed by atoms with E-state index in [0.717, 1.165) is 12.8 Å². The summed E-state index contributed by atoms with van der Waals surface area (Å²) in [4.78, 5) is 0. The first-order chi connectivity index (χ1) is 6.83. The molecule has 1 fully saturated rings. The van der Waals surface area contributed by atoms with Gasteiger partial charge in [0, 0.05) is 6.54 Å². The lowest BCUT2D eigenvalue weighted by Crippen LogP contribution is -2.38. The molecule has 0 bridgehead atoms. The van der Waals surface area contributed by atoms with Gasteiger partial charge >= 0.3 is 0 Å². The lowest BCUT2D eigenvalue weighted by atomic mass is 10.0. The maximum Gasteiger partial charge on any atom is 0.0805 e. The molecule has 0 atom stereocenters. The predicted molar refractivity (Wildman–Crippen MR) is 54.1 cm³/mol. The average Bonchev–Trinajstić information content (AvgIpc) is 2.67. The van der Waals surface area contributed by atoms with Crippen LogP contribution < -0.4 is 5.73 Å². The third kappa shape index (κ3) is 3.53. The summed E-state index contributed by atoms with van der Waals surface area (Å²) in [7, 11) is 0. The van der Waals surface area contributed by atoms with Crippen molar-refractivity contribution in [2.45, 2.75) is 31.3 Å². The van der Waals surface area contributed by atoms with E-state index in [1.165, 1.54) is 12.8 Å². The predicted octanol–water partition coefficient (Wildman–Crippen LogP) is 0.283. The number of aliphatic hydroxyl groups is 1. The molecule has 0 unspecified atom stereocenters. The molecule has 1 rings (SSSR count). The Labute approximate surface area is 85.4 Å². The van der Waals surface area contributed by atoms with Gasteiger partial charge < -0.3 is 20.3 Å². The van der Waals surface area contributed by atoms with Gasteiger partial charge in [-0.25, -0.2) is 0 Å². The highest BCUT2D eigenvalue weighted by molar-refractivity contribution is 4.87. The molecule has 0 spiro atoms. The van der Waals surface area contributed by atoms with Gasteiger partial charge in [-0.2, -0.15) is 0 Å². The highest BCUT2D eigenvalue weighted by Crippen LogP contribution is 2.31. The highest BCUT2D eigenvalue weighted by atomic mass is 16.5. The fourth-order valence-electron chi connectivity index (χ4n) is 1.91. The van der Waals surface area contributed by atoms with Gasteiger partial charge in [0.15, 0.2) is 0 Å². The highest BCUT2D eigenvalue weighted by Gasteiger charge is 2.32. The van der Waals surface area contributed by atoms with E-state index in [1.807, 2.05) is 0 Å². The van der Waals surface area contributed by atoms with Gasteiger partial charge in [0.05, 0.1) is 32.0 Å². The van der Waals surface area contributed by atoms with Gasteiger partial charge in [0.2, 0.25) is 0 Å². The van der Waals surface area contributed by atoms with E-state index in [4.69, 9.17) is 20.3 Å². The molecule has 0 aliphatic heterocycles. The molecule has 0 aromatic carbocycles. The van der Waals surface area contributed by atoms with Crippen LogP contribution in [0.3, 0.4) is 0 Å². The van der Waals surface area contributed by atoms with E-state index < -0.39 is 0 Å². The van der Waals surface area contributed by atoms with Crippen LogP contribution in [0, 0.1) is 0 Å². The lowest BCUT2D eigenvalue weighted by molar-refractivity contribution is -0.0605. The SMILES string of the molecule is NCC1(OCCOCCO)CCCC1. The Balaban J connectivity index is 2.08. The van der Waals surface area contributed by atoms with Crippen LogP contribution in [0.5, 0.6) is 0 Å². The zero-order valence-electron chi connectivity index (χ0n) is 8.71. The standard InChI is InChI=1S/C10H21NO3/c11-9-10(3-1-2-4-10)14-8-7-13-6-5-12/h12H,1-9,11H2. The van der Waals surface area contributed by atoms with Gasteiger partial charge in [-0.3, -0.25) is 0 Å². The normalized spacial score (nSPS) is 20.1. The van der Waals surface area contributed by atoms with Crippen LogP contribution in [0.15, 0.2) is 0 Å². The second-order valence-corrected chi connectivity index (χ2v) is 3.78. The minimum absolute atomic E-state index is 0.0715. The quantitative estimate of drug-likeness (QED) is 0.583. The summed E-state index contributed by atoms with van der Waals surface area (Å²) < 4.78 is 10.9. The van der Waals surface area contributed by atoms with E-state index in [1.54, 1.807) is 0 Å². The zero-order valence-corrected chi connectivity index (χ0v) is 8.71. The molecule has 3 N–H and O–H groups in total. The lowest BCUT2D eigenvalue weighted by Gasteiger charge is -2.27. The topological polar surface area (TPSA) is 64.7 Å². The number of rotatable bonds is 7. The summed E-state index contributed by atoms with van der Waals surface area (Å²) in [5, 5.41) is 8.49. The third-order valence-corrected chi connectivity index (χ3v) is 2.76. The number of nitrogens with two attached hydrogens (primary N) is 1. The van der Waals surface area contributed by atoms with Gasteiger partial charge in [-0.1, -0.05) is 12.8 Å². The van der Waals surface area contributed by atoms with Crippen molar-refractivity contribution in [3.8, 4) is 0 Å². The van der Waals surface area contributed by atoms with Crippen LogP contribution >= 0.6 is 0 Å². The Morgan fingerprint density at radius 3 is 2.43 bits per heavy atom. The molecule has 4 nitrogen and oxygen atoms in total. The van der Waals surface area contributed by atoms with Gasteiger partial charge in [-0.05, 0) is 12.8 Å². The first-order valence-corrected chi connectivity index (χ1v) is 5.36. The molecule has 0 amide bonds. The Morgan fingerprint density at radius 1 is 1.14 bits per heavy atom. The first-order valence-electron chi connectivity index (χ1n) is 5.36. The molecule has 1 aliphatic rings. The summed E-state index contributed by atoms with van der Waals surface area (Å²) in [6.07, 6.45) is 4.58. The van der Waals surface area contributed by atoms with Gasteiger partial charge in [-0.15, -0.1) is 0 Å². The van der Waals surface area contributed by atoms with Gasteiger partial charge in [0.25, 0.3) is 0 Å². The van der Waals surface area contributed by atoms with E-state index in [9.17, 15) is 0 Å². The van der Waals surface area contributed by atoms with Crippen molar-refractivity contribution in [2.75, 3.05) is 33.0 Å². The second kappa shape index (κ2) is 6.35. The fraction of sp³-hybridized carbons (Fsp3) is 1.00. The third-order valence-electron chi connectivity index (χ3n) is 2.76. The summed E-state index contributed by atoms with van der Waals surface area (Å²) in [5.74, 6) is 0. The van der Waals surface area contributed by atoms with Crippen molar-refractivity contribution in [3.05, 3.63) is 0 Å². The van der Waals surface area contributed by atoms with Crippen molar-refractivity contribution in [1.29, 1.82) is 0 Å². The van der Waals surface area contributed by atoms with E-state index in [0.29, 0.717) is 26.4 Å². The molecule has 1 aliphatic carbocycles. The Morgan fingerprint density at radius 2 is 1.86 bits per heavy atom. The van der Waals surface area contributed by atoms with Crippen molar-refractivity contribution in [2.24, 2.45) is 5.73 Å². The van der Waals surface area contributed by atoms with Crippen molar-refractivity contribution in [3.63, 3.8) is 0 Å². The molecule has 0 heterocycles. The summed E-state index contributed by atoms with van der Waals surface area (Å²) in [6.45, 7) is 2.19. The molecular weight excluding hydrogens is 182 g/mol. The molecule has 0 saturated heterocycles. The molecule has 4 heteroatoms. The Kier molecular flexibility index (Phi) is 5.40. The molecule has 84 valence electrons. The zero-order chi connectivity index (χ0) is 10.3. The second-order valence-electron chi connectivity index (χ2n) is 3.78. The summed E-state index contributed by atoms with van der Waals surface area (Å²) in [6, 6.07) is 0. The fourth-order valence-corrected chi connectivity index (χ4v) is 1.91. The monoisotopic (exact) mass is 203 g/mol. The maximum atomic E-state index is 8.49. The van der Waals surface area contributed by atoms with Crippen molar-refractivity contribution >= 4 is 0 Å². The van der Waals surface area contributed by atoms with Crippen LogP contribution in [0.25, 0.3) is 0 Å².